The predicted molar refractivity (Wildman–Crippen MR) is 55.0 cm³/mol. The van der Waals surface area contributed by atoms with E-state index in [9.17, 15) is 4.79 Å². The fraction of sp³-hybridized carbons (Fsp3) is 0.0909. The number of aromatic amines is 1. The highest BCUT2D eigenvalue weighted by molar-refractivity contribution is 5.64. The zero-order valence-corrected chi connectivity index (χ0v) is 7.82. The Hall–Kier alpha value is -1.90. The van der Waals surface area contributed by atoms with Crippen LogP contribution >= 0.6 is 0 Å². The number of hydrogen-bond donors (Lipinski definition) is 1. The average molecular weight is 186 g/mol. The molecule has 0 saturated carbocycles. The molecule has 70 valence electrons. The van der Waals surface area contributed by atoms with Gasteiger partial charge in [0.15, 0.2) is 0 Å². The Kier molecular flexibility index (Phi) is 2.14. The van der Waals surface area contributed by atoms with Crippen LogP contribution in [0.3, 0.4) is 0 Å². The number of pyridine rings is 2. The van der Waals surface area contributed by atoms with E-state index in [1.54, 1.807) is 18.5 Å². The first-order valence-electron chi connectivity index (χ1n) is 4.38. The van der Waals surface area contributed by atoms with Crippen molar-refractivity contribution in [2.24, 2.45) is 0 Å². The van der Waals surface area contributed by atoms with Gasteiger partial charge in [0, 0.05) is 29.7 Å². The van der Waals surface area contributed by atoms with Crippen LogP contribution in [0.1, 0.15) is 5.69 Å². The van der Waals surface area contributed by atoms with Crippen LogP contribution in [-0.4, -0.2) is 9.97 Å². The van der Waals surface area contributed by atoms with Crippen LogP contribution < -0.4 is 5.56 Å². The molecule has 2 rings (SSSR count). The maximum Gasteiger partial charge on any atom is 0.247 e. The van der Waals surface area contributed by atoms with Crippen LogP contribution in [-0.2, 0) is 0 Å². The van der Waals surface area contributed by atoms with E-state index in [1.807, 2.05) is 19.1 Å². The van der Waals surface area contributed by atoms with Crippen LogP contribution in [0.25, 0.3) is 11.1 Å². The third kappa shape index (κ3) is 1.57. The normalized spacial score (nSPS) is 10.1. The van der Waals surface area contributed by atoms with Gasteiger partial charge < -0.3 is 4.98 Å². The lowest BCUT2D eigenvalue weighted by molar-refractivity contribution is 1.19. The Morgan fingerprint density at radius 3 is 2.79 bits per heavy atom. The molecule has 0 atom stereocenters. The van der Waals surface area contributed by atoms with Crippen molar-refractivity contribution < 1.29 is 0 Å². The minimum atomic E-state index is -0.0877. The van der Waals surface area contributed by atoms with Crippen molar-refractivity contribution in [3.8, 4) is 11.1 Å². The molecule has 2 heterocycles. The predicted octanol–water partition coefficient (Wildman–Crippen LogP) is 1.75. The van der Waals surface area contributed by atoms with E-state index in [0.717, 1.165) is 16.8 Å². The largest absolute Gasteiger partial charge is 0.328 e. The molecule has 0 bridgehead atoms. The Morgan fingerprint density at radius 2 is 2.14 bits per heavy atom. The Balaban J connectivity index is 2.55. The lowest BCUT2D eigenvalue weighted by Gasteiger charge is -2.02. The third-order valence-corrected chi connectivity index (χ3v) is 2.10. The monoisotopic (exact) mass is 186 g/mol. The first kappa shape index (κ1) is 8.69. The fourth-order valence-electron chi connectivity index (χ4n) is 1.37. The molecule has 0 aliphatic rings. The van der Waals surface area contributed by atoms with Crippen molar-refractivity contribution in [2.75, 3.05) is 0 Å². The van der Waals surface area contributed by atoms with Crippen LogP contribution in [0.15, 0.2) is 41.5 Å². The summed E-state index contributed by atoms with van der Waals surface area (Å²) in [6.07, 6.45) is 3.46. The Labute approximate surface area is 81.5 Å². The summed E-state index contributed by atoms with van der Waals surface area (Å²) < 4.78 is 0. The number of aromatic nitrogens is 2. The topological polar surface area (TPSA) is 45.8 Å². The van der Waals surface area contributed by atoms with Gasteiger partial charge in [-0.25, -0.2) is 0 Å². The molecule has 0 aliphatic heterocycles. The van der Waals surface area contributed by atoms with Crippen LogP contribution in [0.4, 0.5) is 0 Å². The zero-order valence-electron chi connectivity index (χ0n) is 7.82. The van der Waals surface area contributed by atoms with E-state index in [2.05, 4.69) is 9.97 Å². The summed E-state index contributed by atoms with van der Waals surface area (Å²) in [5, 5.41) is 0. The third-order valence-electron chi connectivity index (χ3n) is 2.10. The van der Waals surface area contributed by atoms with Gasteiger partial charge in [-0.05, 0) is 24.6 Å². The summed E-state index contributed by atoms with van der Waals surface area (Å²) in [6.45, 7) is 1.94. The van der Waals surface area contributed by atoms with Gasteiger partial charge in [0.25, 0.3) is 0 Å². The van der Waals surface area contributed by atoms with Crippen molar-refractivity contribution in [2.45, 2.75) is 6.92 Å². The minimum absolute atomic E-state index is 0.0877. The maximum absolute atomic E-state index is 10.9. The lowest BCUT2D eigenvalue weighted by atomic mass is 10.1. The van der Waals surface area contributed by atoms with E-state index in [1.165, 1.54) is 6.07 Å². The summed E-state index contributed by atoms with van der Waals surface area (Å²) in [6, 6.07) is 7.17. The summed E-state index contributed by atoms with van der Waals surface area (Å²) >= 11 is 0. The molecule has 0 amide bonds. The van der Waals surface area contributed by atoms with Gasteiger partial charge >= 0.3 is 0 Å². The van der Waals surface area contributed by atoms with Gasteiger partial charge in [0.2, 0.25) is 5.56 Å². The Morgan fingerprint density at radius 1 is 1.29 bits per heavy atom. The molecule has 3 heteroatoms. The molecule has 0 unspecified atom stereocenters. The second kappa shape index (κ2) is 3.46. The first-order valence-corrected chi connectivity index (χ1v) is 4.38. The van der Waals surface area contributed by atoms with E-state index in [4.69, 9.17) is 0 Å². The van der Waals surface area contributed by atoms with Gasteiger partial charge in [0.05, 0.1) is 0 Å². The highest BCUT2D eigenvalue weighted by Gasteiger charge is 2.00. The van der Waals surface area contributed by atoms with Crippen molar-refractivity contribution in [1.82, 2.24) is 9.97 Å². The molecule has 0 radical (unpaired) electrons. The second-order valence-corrected chi connectivity index (χ2v) is 3.08. The van der Waals surface area contributed by atoms with E-state index in [-0.39, 0.29) is 5.56 Å². The molecule has 14 heavy (non-hydrogen) atoms. The van der Waals surface area contributed by atoms with Gasteiger partial charge in [-0.1, -0.05) is 6.07 Å². The standard InChI is InChI=1S/C11H10N2O/c1-8-10(3-2-6-12-8)9-4-5-11(14)13-7-9/h2-7H,1H3,(H,13,14). The molecule has 0 aromatic carbocycles. The molecular weight excluding hydrogens is 176 g/mol. The van der Waals surface area contributed by atoms with Crippen LogP contribution in [0, 0.1) is 6.92 Å². The quantitative estimate of drug-likeness (QED) is 0.737. The SMILES string of the molecule is Cc1ncccc1-c1ccc(=O)[nH]c1. The molecule has 0 aliphatic carbocycles. The molecule has 3 nitrogen and oxygen atoms in total. The van der Waals surface area contributed by atoms with Crippen LogP contribution in [0.5, 0.6) is 0 Å². The summed E-state index contributed by atoms with van der Waals surface area (Å²) in [4.78, 5) is 17.7. The number of hydrogen-bond acceptors (Lipinski definition) is 2. The summed E-state index contributed by atoms with van der Waals surface area (Å²) in [5.74, 6) is 0. The highest BCUT2D eigenvalue weighted by atomic mass is 16.1. The number of nitrogens with one attached hydrogen (secondary N) is 1. The molecule has 0 fully saturated rings. The fourth-order valence-corrected chi connectivity index (χ4v) is 1.37. The summed E-state index contributed by atoms with van der Waals surface area (Å²) in [5.41, 5.74) is 2.90. The van der Waals surface area contributed by atoms with Crippen molar-refractivity contribution in [3.63, 3.8) is 0 Å². The van der Waals surface area contributed by atoms with Crippen LogP contribution in [0.2, 0.25) is 0 Å². The molecular formula is C11H10N2O. The van der Waals surface area contributed by atoms with Crippen molar-refractivity contribution in [1.29, 1.82) is 0 Å². The first-order chi connectivity index (χ1) is 6.77. The van der Waals surface area contributed by atoms with Crippen molar-refractivity contribution >= 4 is 0 Å². The second-order valence-electron chi connectivity index (χ2n) is 3.08. The summed E-state index contributed by atoms with van der Waals surface area (Å²) in [7, 11) is 0. The number of aryl methyl sites for hydroxylation is 1. The smallest absolute Gasteiger partial charge is 0.247 e. The zero-order chi connectivity index (χ0) is 9.97. The minimum Gasteiger partial charge on any atom is -0.328 e. The maximum atomic E-state index is 10.9. The highest BCUT2D eigenvalue weighted by Crippen LogP contribution is 2.18. The molecule has 0 spiro atoms. The van der Waals surface area contributed by atoms with Gasteiger partial charge in [0.1, 0.15) is 0 Å². The molecule has 0 saturated heterocycles. The molecule has 2 aromatic rings. The van der Waals surface area contributed by atoms with E-state index >= 15 is 0 Å². The van der Waals surface area contributed by atoms with Gasteiger partial charge in [-0.2, -0.15) is 0 Å². The van der Waals surface area contributed by atoms with E-state index in [0.29, 0.717) is 0 Å². The average Bonchev–Trinajstić information content (AvgIpc) is 2.20. The Bertz CT molecular complexity index is 482. The van der Waals surface area contributed by atoms with E-state index < -0.39 is 0 Å². The number of H-pyrrole nitrogens is 1. The molecule has 1 N–H and O–H groups in total. The van der Waals surface area contributed by atoms with Gasteiger partial charge in [-0.15, -0.1) is 0 Å². The number of nitrogens with zero attached hydrogens (tertiary/aromatic N) is 1. The van der Waals surface area contributed by atoms with Gasteiger partial charge in [-0.3, -0.25) is 9.78 Å². The lowest BCUT2D eigenvalue weighted by Crippen LogP contribution is -2.01. The number of rotatable bonds is 1. The van der Waals surface area contributed by atoms with Crippen molar-refractivity contribution in [3.05, 3.63) is 52.7 Å². The molecule has 2 aromatic heterocycles.